The third-order valence-corrected chi connectivity index (χ3v) is 0. The Morgan fingerprint density at radius 2 is 1.08 bits per heavy atom. The number of hydrogen-bond donors (Lipinski definition) is 2. The molecule has 0 aromatic rings. The molecule has 0 amide bonds. The summed E-state index contributed by atoms with van der Waals surface area (Å²) < 4.78 is 8.55. The SMILES string of the molecule is N#CN.N#CN.O=P([O-])([O-])[O-].[Al+3]. The molecule has 0 aliphatic carbocycles. The molecule has 0 radical (unpaired) electrons. The average molecular weight is 206 g/mol. The van der Waals surface area contributed by atoms with Crippen LogP contribution in [-0.2, 0) is 4.57 Å². The van der Waals surface area contributed by atoms with E-state index in [1.807, 2.05) is 0 Å². The molecule has 0 aliphatic rings. The minimum Gasteiger partial charge on any atom is -0.822 e. The van der Waals surface area contributed by atoms with Crippen LogP contribution >= 0.6 is 7.82 Å². The van der Waals surface area contributed by atoms with Crippen molar-refractivity contribution in [3.8, 4) is 12.4 Å². The van der Waals surface area contributed by atoms with Gasteiger partial charge in [0.2, 0.25) is 0 Å². The Kier molecular flexibility index (Phi) is 31.2. The monoisotopic (exact) mass is 206 g/mol. The van der Waals surface area contributed by atoms with Crippen LogP contribution < -0.4 is 26.1 Å². The van der Waals surface area contributed by atoms with Gasteiger partial charge in [0.1, 0.15) is 0 Å². The third-order valence-electron chi connectivity index (χ3n) is 0. The number of hydrogen-bond acceptors (Lipinski definition) is 8. The quantitative estimate of drug-likeness (QED) is 0.172. The first-order valence-corrected chi connectivity index (χ1v) is 3.22. The molecular weight excluding hydrogens is 202 g/mol. The number of nitrogens with two attached hydrogens (primary N) is 2. The molecule has 0 atom stereocenters. The third kappa shape index (κ3) is 1030. The largest absolute Gasteiger partial charge is 3.00 e. The Hall–Kier alpha value is -0.778. The zero-order valence-corrected chi connectivity index (χ0v) is 7.76. The summed E-state index contributed by atoms with van der Waals surface area (Å²) >= 11 is 0. The fraction of sp³-hybridized carbons (Fsp3) is 0. The maximum absolute atomic E-state index is 8.55. The van der Waals surface area contributed by atoms with Crippen LogP contribution in [0, 0.1) is 22.9 Å². The number of nitrogens with zero attached hydrogens (tertiary/aromatic N) is 2. The van der Waals surface area contributed by atoms with E-state index in [2.05, 4.69) is 11.5 Å². The molecule has 8 nitrogen and oxygen atoms in total. The van der Waals surface area contributed by atoms with Gasteiger partial charge in [-0.25, -0.2) is 0 Å². The normalized spacial score (nSPS) is 6.08. The summed E-state index contributed by atoms with van der Waals surface area (Å²) in [6.45, 7) is 0. The van der Waals surface area contributed by atoms with Crippen molar-refractivity contribution in [3.05, 3.63) is 0 Å². The van der Waals surface area contributed by atoms with Gasteiger partial charge in [0.25, 0.3) is 0 Å². The molecule has 12 heavy (non-hydrogen) atoms. The molecule has 64 valence electrons. The van der Waals surface area contributed by atoms with Crippen molar-refractivity contribution in [2.75, 3.05) is 0 Å². The van der Waals surface area contributed by atoms with Crippen molar-refractivity contribution >= 4 is 25.2 Å². The maximum Gasteiger partial charge on any atom is 3.00 e. The average Bonchev–Trinajstić information content (AvgIpc) is 1.62. The Labute approximate surface area is 79.4 Å². The van der Waals surface area contributed by atoms with Gasteiger partial charge in [0.15, 0.2) is 12.4 Å². The molecule has 0 aromatic carbocycles. The Balaban J connectivity index is -0.0000000406. The van der Waals surface area contributed by atoms with Crippen LogP contribution in [-0.4, -0.2) is 17.4 Å². The van der Waals surface area contributed by atoms with Crippen LogP contribution in [0.5, 0.6) is 0 Å². The van der Waals surface area contributed by atoms with E-state index >= 15 is 0 Å². The first-order valence-electron chi connectivity index (χ1n) is 1.75. The van der Waals surface area contributed by atoms with Crippen LogP contribution in [0.1, 0.15) is 0 Å². The summed E-state index contributed by atoms with van der Waals surface area (Å²) in [7, 11) is -5.39. The van der Waals surface area contributed by atoms with Gasteiger partial charge in [-0.15, -0.1) is 0 Å². The predicted octanol–water partition coefficient (Wildman–Crippen LogP) is -4.35. The summed E-state index contributed by atoms with van der Waals surface area (Å²) in [5, 5.41) is 14.2. The van der Waals surface area contributed by atoms with Crippen LogP contribution in [0.4, 0.5) is 0 Å². The van der Waals surface area contributed by atoms with E-state index in [-0.39, 0.29) is 17.4 Å². The molecule has 4 N–H and O–H groups in total. The molecule has 0 saturated carbocycles. The van der Waals surface area contributed by atoms with Crippen molar-refractivity contribution < 1.29 is 19.2 Å². The van der Waals surface area contributed by atoms with E-state index in [9.17, 15) is 0 Å². The van der Waals surface area contributed by atoms with Gasteiger partial charge in [0.05, 0.1) is 0 Å². The summed E-state index contributed by atoms with van der Waals surface area (Å²) in [5.74, 6) is 0. The fourth-order valence-corrected chi connectivity index (χ4v) is 0. The molecule has 0 rings (SSSR count). The molecule has 0 saturated heterocycles. The van der Waals surface area contributed by atoms with E-state index in [0.29, 0.717) is 0 Å². The van der Waals surface area contributed by atoms with Crippen molar-refractivity contribution in [2.45, 2.75) is 0 Å². The Bertz CT molecular complexity index is 170. The minimum absolute atomic E-state index is 0. The van der Waals surface area contributed by atoms with Gasteiger partial charge in [-0.1, -0.05) is 0 Å². The van der Waals surface area contributed by atoms with E-state index in [4.69, 9.17) is 29.8 Å². The molecule has 0 aromatic heterocycles. The van der Waals surface area contributed by atoms with E-state index < -0.39 is 7.82 Å². The van der Waals surface area contributed by atoms with Gasteiger partial charge in [-0.05, 0) is 0 Å². The minimum atomic E-state index is -5.39. The topological polar surface area (TPSA) is 186 Å². The summed E-state index contributed by atoms with van der Waals surface area (Å²) in [4.78, 5) is 25.6. The standard InChI is InChI=1S/2CH2N2.Al.H3O4P/c2*2-1-3;;1-5(2,3)4/h2*2H2;;(H3,1,2,3,4)/q;;+3;/p-3. The summed E-state index contributed by atoms with van der Waals surface area (Å²) in [6.07, 6.45) is 2.50. The summed E-state index contributed by atoms with van der Waals surface area (Å²) in [6, 6.07) is 0. The van der Waals surface area contributed by atoms with Crippen LogP contribution in [0.2, 0.25) is 0 Å². The molecule has 10 heteroatoms. The number of nitriles is 2. The molecule has 0 fully saturated rings. The molecule has 0 spiro atoms. The summed E-state index contributed by atoms with van der Waals surface area (Å²) in [5.41, 5.74) is 8.31. The zero-order chi connectivity index (χ0) is 9.91. The van der Waals surface area contributed by atoms with Crippen LogP contribution in [0.15, 0.2) is 0 Å². The Morgan fingerprint density at radius 3 is 1.08 bits per heavy atom. The second kappa shape index (κ2) is 16.7. The van der Waals surface area contributed by atoms with Gasteiger partial charge in [0, 0.05) is 0 Å². The van der Waals surface area contributed by atoms with Crippen molar-refractivity contribution in [3.63, 3.8) is 0 Å². The number of rotatable bonds is 0. The van der Waals surface area contributed by atoms with Crippen LogP contribution in [0.3, 0.4) is 0 Å². The molecule has 0 unspecified atom stereocenters. The second-order valence-electron chi connectivity index (χ2n) is 0.705. The Morgan fingerprint density at radius 1 is 1.08 bits per heavy atom. The zero-order valence-electron chi connectivity index (χ0n) is 5.71. The second-order valence-corrected chi connectivity index (χ2v) is 1.60. The first kappa shape index (κ1) is 22.5. The van der Waals surface area contributed by atoms with Gasteiger partial charge >= 0.3 is 17.4 Å². The van der Waals surface area contributed by atoms with Gasteiger partial charge < -0.3 is 30.7 Å². The van der Waals surface area contributed by atoms with E-state index in [1.165, 1.54) is 12.4 Å². The van der Waals surface area contributed by atoms with Crippen LogP contribution in [0.25, 0.3) is 0 Å². The molecular formula is C2H4AlN4O4P. The van der Waals surface area contributed by atoms with Gasteiger partial charge in [-0.3, -0.25) is 0 Å². The first-order chi connectivity index (χ1) is 4.83. The maximum atomic E-state index is 8.55. The van der Waals surface area contributed by atoms with Crippen molar-refractivity contribution in [2.24, 2.45) is 11.5 Å². The van der Waals surface area contributed by atoms with Crippen molar-refractivity contribution in [1.29, 1.82) is 10.5 Å². The fourth-order valence-electron chi connectivity index (χ4n) is 0. The number of phosphoric acid groups is 1. The predicted molar refractivity (Wildman–Crippen MR) is 33.0 cm³/mol. The smallest absolute Gasteiger partial charge is 0.822 e. The van der Waals surface area contributed by atoms with Crippen molar-refractivity contribution in [1.82, 2.24) is 0 Å². The molecule has 0 bridgehead atoms. The van der Waals surface area contributed by atoms with E-state index in [0.717, 1.165) is 0 Å². The molecule has 0 aliphatic heterocycles. The van der Waals surface area contributed by atoms with E-state index in [1.54, 1.807) is 0 Å². The van der Waals surface area contributed by atoms with Gasteiger partial charge in [-0.2, -0.15) is 18.3 Å². The molecule has 0 heterocycles.